The van der Waals surface area contributed by atoms with Crippen molar-refractivity contribution in [3.05, 3.63) is 21.3 Å². The Hall–Kier alpha value is -0.0500. The fourth-order valence-electron chi connectivity index (χ4n) is 1.43. The lowest BCUT2D eigenvalue weighted by Crippen LogP contribution is -2.42. The van der Waals surface area contributed by atoms with Crippen LogP contribution < -0.4 is 5.73 Å². The zero-order chi connectivity index (χ0) is 7.90. The van der Waals surface area contributed by atoms with Gasteiger partial charge in [0, 0.05) is 4.88 Å². The van der Waals surface area contributed by atoms with Crippen LogP contribution in [-0.4, -0.2) is 0 Å². The molecule has 3 heteroatoms. The number of rotatable bonds is 1. The topological polar surface area (TPSA) is 26.0 Å². The first-order chi connectivity index (χ1) is 5.22. The Morgan fingerprint density at radius 1 is 1.55 bits per heavy atom. The second-order valence-electron chi connectivity index (χ2n) is 3.11. The lowest BCUT2D eigenvalue weighted by atomic mass is 9.77. The number of halogens is 1. The van der Waals surface area contributed by atoms with Gasteiger partial charge in [-0.25, -0.2) is 0 Å². The van der Waals surface area contributed by atoms with E-state index in [1.807, 2.05) is 11.4 Å². The number of hydrogen-bond acceptors (Lipinski definition) is 2. The van der Waals surface area contributed by atoms with E-state index in [0.29, 0.717) is 0 Å². The Balaban J connectivity index is 2.35. The molecular weight excluding hydrogens is 178 g/mol. The van der Waals surface area contributed by atoms with E-state index in [1.165, 1.54) is 11.3 Å². The first kappa shape index (κ1) is 7.59. The maximum Gasteiger partial charge on any atom is 0.0564 e. The van der Waals surface area contributed by atoms with Crippen LogP contribution in [0.15, 0.2) is 11.4 Å². The Kier molecular flexibility index (Phi) is 1.71. The molecule has 1 nitrogen and oxygen atoms in total. The lowest BCUT2D eigenvalue weighted by Gasteiger charge is -2.37. The zero-order valence-electron chi connectivity index (χ0n) is 6.14. The first-order valence-corrected chi connectivity index (χ1v) is 5.00. The van der Waals surface area contributed by atoms with Gasteiger partial charge in [-0.05, 0) is 30.7 Å². The maximum atomic E-state index is 6.10. The minimum absolute atomic E-state index is 0.0781. The highest BCUT2D eigenvalue weighted by atomic mass is 35.5. The average molecular weight is 188 g/mol. The van der Waals surface area contributed by atoms with E-state index in [9.17, 15) is 0 Å². The van der Waals surface area contributed by atoms with Gasteiger partial charge < -0.3 is 5.73 Å². The van der Waals surface area contributed by atoms with Gasteiger partial charge in [-0.1, -0.05) is 11.6 Å². The highest BCUT2D eigenvalue weighted by Crippen LogP contribution is 2.44. The SMILES string of the molecule is NC1(c2sccc2Cl)CCC1. The van der Waals surface area contributed by atoms with E-state index in [1.54, 1.807) is 11.3 Å². The van der Waals surface area contributed by atoms with Gasteiger partial charge in [0.05, 0.1) is 10.6 Å². The van der Waals surface area contributed by atoms with Crippen LogP contribution in [0.4, 0.5) is 0 Å². The summed E-state index contributed by atoms with van der Waals surface area (Å²) in [5.41, 5.74) is 6.02. The molecule has 1 aliphatic carbocycles. The molecule has 0 aromatic carbocycles. The third-order valence-corrected chi connectivity index (χ3v) is 3.88. The highest BCUT2D eigenvalue weighted by molar-refractivity contribution is 7.10. The molecule has 0 atom stereocenters. The minimum Gasteiger partial charge on any atom is -0.321 e. The van der Waals surface area contributed by atoms with Gasteiger partial charge >= 0.3 is 0 Å². The van der Waals surface area contributed by atoms with Gasteiger partial charge in [-0.3, -0.25) is 0 Å². The number of thiophene rings is 1. The van der Waals surface area contributed by atoms with Crippen molar-refractivity contribution >= 4 is 22.9 Å². The molecule has 1 aliphatic rings. The molecule has 0 aliphatic heterocycles. The van der Waals surface area contributed by atoms with Gasteiger partial charge in [0.15, 0.2) is 0 Å². The molecule has 0 amide bonds. The van der Waals surface area contributed by atoms with Crippen LogP contribution in [0, 0.1) is 0 Å². The molecule has 0 radical (unpaired) electrons. The third kappa shape index (κ3) is 1.10. The molecule has 11 heavy (non-hydrogen) atoms. The summed E-state index contributed by atoms with van der Waals surface area (Å²) in [6, 6.07) is 1.93. The van der Waals surface area contributed by atoms with Gasteiger partial charge in [0.1, 0.15) is 0 Å². The fraction of sp³-hybridized carbons (Fsp3) is 0.500. The Morgan fingerprint density at radius 2 is 2.27 bits per heavy atom. The highest BCUT2D eigenvalue weighted by Gasteiger charge is 2.36. The van der Waals surface area contributed by atoms with E-state index in [0.717, 1.165) is 17.9 Å². The molecule has 1 aromatic heterocycles. The molecular formula is C8H10ClNS. The molecule has 0 bridgehead atoms. The van der Waals surface area contributed by atoms with Crippen molar-refractivity contribution < 1.29 is 0 Å². The molecule has 0 saturated heterocycles. The second kappa shape index (κ2) is 2.47. The van der Waals surface area contributed by atoms with Gasteiger partial charge in [0.2, 0.25) is 0 Å². The minimum atomic E-state index is -0.0781. The fourth-order valence-corrected chi connectivity index (χ4v) is 2.85. The maximum absolute atomic E-state index is 6.10. The third-order valence-electron chi connectivity index (χ3n) is 2.32. The first-order valence-electron chi connectivity index (χ1n) is 3.75. The largest absolute Gasteiger partial charge is 0.321 e. The van der Waals surface area contributed by atoms with Crippen LogP contribution in [0.2, 0.25) is 5.02 Å². The normalized spacial score (nSPS) is 21.3. The molecule has 1 fully saturated rings. The standard InChI is InChI=1S/C8H10ClNS/c9-6-2-5-11-7(6)8(10)3-1-4-8/h2,5H,1,3-4,10H2. The van der Waals surface area contributed by atoms with Crippen molar-refractivity contribution in [3.63, 3.8) is 0 Å². The summed E-state index contributed by atoms with van der Waals surface area (Å²) in [5, 5.41) is 2.85. The van der Waals surface area contributed by atoms with Gasteiger partial charge in [0.25, 0.3) is 0 Å². The summed E-state index contributed by atoms with van der Waals surface area (Å²) in [6.07, 6.45) is 3.42. The van der Waals surface area contributed by atoms with Crippen molar-refractivity contribution in [2.24, 2.45) is 5.73 Å². The summed E-state index contributed by atoms with van der Waals surface area (Å²) in [7, 11) is 0. The quantitative estimate of drug-likeness (QED) is 0.719. The van der Waals surface area contributed by atoms with Crippen molar-refractivity contribution in [2.45, 2.75) is 24.8 Å². The Labute approximate surface area is 75.2 Å². The molecule has 1 aromatic rings. The van der Waals surface area contributed by atoms with Crippen LogP contribution >= 0.6 is 22.9 Å². The van der Waals surface area contributed by atoms with Crippen molar-refractivity contribution in [3.8, 4) is 0 Å². The van der Waals surface area contributed by atoms with Gasteiger partial charge in [-0.2, -0.15) is 0 Å². The lowest BCUT2D eigenvalue weighted by molar-refractivity contribution is 0.259. The molecule has 60 valence electrons. The average Bonchev–Trinajstić information content (AvgIpc) is 2.30. The van der Waals surface area contributed by atoms with Crippen molar-refractivity contribution in [2.75, 3.05) is 0 Å². The summed E-state index contributed by atoms with van der Waals surface area (Å²) in [4.78, 5) is 1.17. The zero-order valence-corrected chi connectivity index (χ0v) is 7.71. The van der Waals surface area contributed by atoms with E-state index >= 15 is 0 Å². The molecule has 0 spiro atoms. The van der Waals surface area contributed by atoms with Crippen LogP contribution in [0.1, 0.15) is 24.1 Å². The van der Waals surface area contributed by atoms with E-state index in [4.69, 9.17) is 17.3 Å². The van der Waals surface area contributed by atoms with Crippen molar-refractivity contribution in [1.29, 1.82) is 0 Å². The monoisotopic (exact) mass is 187 g/mol. The molecule has 1 saturated carbocycles. The van der Waals surface area contributed by atoms with Gasteiger partial charge in [-0.15, -0.1) is 11.3 Å². The summed E-state index contributed by atoms with van der Waals surface area (Å²) < 4.78 is 0. The Morgan fingerprint density at radius 3 is 2.64 bits per heavy atom. The van der Waals surface area contributed by atoms with E-state index in [2.05, 4.69) is 0 Å². The second-order valence-corrected chi connectivity index (χ2v) is 4.43. The van der Waals surface area contributed by atoms with Crippen LogP contribution in [-0.2, 0) is 5.54 Å². The molecule has 2 rings (SSSR count). The van der Waals surface area contributed by atoms with Crippen LogP contribution in [0.25, 0.3) is 0 Å². The van der Waals surface area contributed by atoms with E-state index < -0.39 is 0 Å². The molecule has 2 N–H and O–H groups in total. The molecule has 1 heterocycles. The molecule has 0 unspecified atom stereocenters. The summed E-state index contributed by atoms with van der Waals surface area (Å²) in [5.74, 6) is 0. The Bertz CT molecular complexity index is 265. The number of nitrogens with two attached hydrogens (primary N) is 1. The van der Waals surface area contributed by atoms with Crippen molar-refractivity contribution in [1.82, 2.24) is 0 Å². The number of hydrogen-bond donors (Lipinski definition) is 1. The van der Waals surface area contributed by atoms with Crippen LogP contribution in [0.3, 0.4) is 0 Å². The van der Waals surface area contributed by atoms with E-state index in [-0.39, 0.29) is 5.54 Å². The predicted octanol–water partition coefficient (Wildman–Crippen LogP) is 2.74. The predicted molar refractivity (Wildman–Crippen MR) is 49.0 cm³/mol. The smallest absolute Gasteiger partial charge is 0.0564 e. The summed E-state index contributed by atoms with van der Waals surface area (Å²) in [6.45, 7) is 0. The summed E-state index contributed by atoms with van der Waals surface area (Å²) >= 11 is 7.64. The van der Waals surface area contributed by atoms with Crippen LogP contribution in [0.5, 0.6) is 0 Å².